The summed E-state index contributed by atoms with van der Waals surface area (Å²) in [6.07, 6.45) is 1.90. The summed E-state index contributed by atoms with van der Waals surface area (Å²) in [4.78, 5) is 16.6. The van der Waals surface area contributed by atoms with Crippen molar-refractivity contribution >= 4 is 33.0 Å². The summed E-state index contributed by atoms with van der Waals surface area (Å²) in [5, 5.41) is 3.34. The molecule has 26 heavy (non-hydrogen) atoms. The molecule has 0 aliphatic heterocycles. The van der Waals surface area contributed by atoms with Crippen LogP contribution in [0.15, 0.2) is 17.0 Å². The molecule has 148 valence electrons. The van der Waals surface area contributed by atoms with E-state index in [9.17, 15) is 13.2 Å². The van der Waals surface area contributed by atoms with Crippen LogP contribution in [-0.2, 0) is 9.84 Å². The number of nitrogens with zero attached hydrogens (tertiary/aromatic N) is 2. The topological polar surface area (TPSA) is 69.7 Å². The standard InChI is InChI=1S/C18H30ClN3O3S/c1-7-22(8-2)18(23)14-9-10-15(19)17(26(6,24)25)16(14)20-13(3)11-12-21(4)5/h9-10,13,20H,7-8,11-12H2,1-6H3. The summed E-state index contributed by atoms with van der Waals surface area (Å²) in [5.74, 6) is -0.209. The van der Waals surface area contributed by atoms with Crippen molar-refractivity contribution in [2.75, 3.05) is 45.3 Å². The van der Waals surface area contributed by atoms with Gasteiger partial charge in [-0.2, -0.15) is 0 Å². The molecule has 1 unspecified atom stereocenters. The van der Waals surface area contributed by atoms with E-state index in [2.05, 4.69) is 10.2 Å². The van der Waals surface area contributed by atoms with Gasteiger partial charge in [-0.05, 0) is 60.0 Å². The number of carbonyl (C=O) groups is 1. The minimum Gasteiger partial charge on any atom is -0.381 e. The highest BCUT2D eigenvalue weighted by Crippen LogP contribution is 2.34. The smallest absolute Gasteiger partial charge is 0.255 e. The van der Waals surface area contributed by atoms with Crippen molar-refractivity contribution in [1.29, 1.82) is 0 Å². The van der Waals surface area contributed by atoms with Gasteiger partial charge in [-0.15, -0.1) is 0 Å². The molecule has 0 radical (unpaired) electrons. The fraction of sp³-hybridized carbons (Fsp3) is 0.611. The molecule has 1 rings (SSSR count). The van der Waals surface area contributed by atoms with Crippen LogP contribution in [0.5, 0.6) is 0 Å². The molecule has 0 saturated carbocycles. The second-order valence-electron chi connectivity index (χ2n) is 6.69. The predicted octanol–water partition coefficient (Wildman–Crippen LogP) is 2.98. The molecule has 1 amide bonds. The van der Waals surface area contributed by atoms with E-state index in [1.54, 1.807) is 11.0 Å². The van der Waals surface area contributed by atoms with Gasteiger partial charge in [0.1, 0.15) is 4.90 Å². The lowest BCUT2D eigenvalue weighted by Gasteiger charge is -2.25. The molecular formula is C18H30ClN3O3S. The second kappa shape index (κ2) is 9.58. The minimum atomic E-state index is -3.61. The van der Waals surface area contributed by atoms with Crippen molar-refractivity contribution in [3.8, 4) is 0 Å². The number of hydrogen-bond donors (Lipinski definition) is 1. The molecule has 0 saturated heterocycles. The first-order valence-electron chi connectivity index (χ1n) is 8.75. The van der Waals surface area contributed by atoms with Crippen LogP contribution >= 0.6 is 11.6 Å². The van der Waals surface area contributed by atoms with Crippen LogP contribution in [0, 0.1) is 0 Å². The Morgan fingerprint density at radius 1 is 1.23 bits per heavy atom. The van der Waals surface area contributed by atoms with E-state index in [1.807, 2.05) is 34.9 Å². The third-order valence-electron chi connectivity index (χ3n) is 4.16. The fourth-order valence-corrected chi connectivity index (χ4v) is 4.23. The molecule has 8 heteroatoms. The van der Waals surface area contributed by atoms with Crippen LogP contribution in [-0.4, -0.2) is 70.2 Å². The van der Waals surface area contributed by atoms with E-state index in [0.29, 0.717) is 24.3 Å². The lowest BCUT2D eigenvalue weighted by Crippen LogP contribution is -2.32. The molecule has 0 fully saturated rings. The van der Waals surface area contributed by atoms with Crippen LogP contribution in [0.4, 0.5) is 5.69 Å². The average molecular weight is 404 g/mol. The number of hydrogen-bond acceptors (Lipinski definition) is 5. The maximum atomic E-state index is 12.9. The van der Waals surface area contributed by atoms with E-state index in [4.69, 9.17) is 11.6 Å². The number of nitrogens with one attached hydrogen (secondary N) is 1. The van der Waals surface area contributed by atoms with Crippen LogP contribution in [0.3, 0.4) is 0 Å². The predicted molar refractivity (Wildman–Crippen MR) is 108 cm³/mol. The first-order valence-corrected chi connectivity index (χ1v) is 11.0. The maximum Gasteiger partial charge on any atom is 0.255 e. The normalized spacial score (nSPS) is 12.9. The molecule has 6 nitrogen and oxygen atoms in total. The number of rotatable bonds is 9. The van der Waals surface area contributed by atoms with Crippen molar-refractivity contribution < 1.29 is 13.2 Å². The number of sulfone groups is 1. The van der Waals surface area contributed by atoms with Gasteiger partial charge < -0.3 is 15.1 Å². The molecule has 0 aliphatic carbocycles. The Hall–Kier alpha value is -1.31. The maximum absolute atomic E-state index is 12.9. The zero-order valence-electron chi connectivity index (χ0n) is 16.5. The molecule has 0 spiro atoms. The highest BCUT2D eigenvalue weighted by Gasteiger charge is 2.26. The Labute approximate surface area is 162 Å². The average Bonchev–Trinajstić information content (AvgIpc) is 2.52. The largest absolute Gasteiger partial charge is 0.381 e. The molecule has 0 heterocycles. The monoisotopic (exact) mass is 403 g/mol. The highest BCUT2D eigenvalue weighted by atomic mass is 35.5. The van der Waals surface area contributed by atoms with Gasteiger partial charge >= 0.3 is 0 Å². The van der Waals surface area contributed by atoms with Gasteiger partial charge in [0.05, 0.1) is 16.3 Å². The molecule has 0 aromatic heterocycles. The Morgan fingerprint density at radius 3 is 2.27 bits per heavy atom. The highest BCUT2D eigenvalue weighted by molar-refractivity contribution is 7.91. The van der Waals surface area contributed by atoms with E-state index in [0.717, 1.165) is 19.2 Å². The second-order valence-corrected chi connectivity index (χ2v) is 9.05. The summed E-state index contributed by atoms with van der Waals surface area (Å²) >= 11 is 6.20. The van der Waals surface area contributed by atoms with Gasteiger partial charge in [-0.3, -0.25) is 4.79 Å². The molecule has 0 aliphatic rings. The minimum absolute atomic E-state index is 0.0196. The van der Waals surface area contributed by atoms with Crippen molar-refractivity contribution in [2.45, 2.75) is 38.1 Å². The SMILES string of the molecule is CCN(CC)C(=O)c1ccc(Cl)c(S(C)(=O)=O)c1NC(C)CCN(C)C. The Bertz CT molecular complexity index is 731. The third-order valence-corrected chi connectivity index (χ3v) is 5.75. The number of halogens is 1. The van der Waals surface area contributed by atoms with Gasteiger partial charge in [-0.1, -0.05) is 11.6 Å². The number of benzene rings is 1. The van der Waals surface area contributed by atoms with Gasteiger partial charge in [0.15, 0.2) is 9.84 Å². The van der Waals surface area contributed by atoms with Crippen molar-refractivity contribution in [3.63, 3.8) is 0 Å². The molecular weight excluding hydrogens is 374 g/mol. The fourth-order valence-electron chi connectivity index (χ4n) is 2.69. The van der Waals surface area contributed by atoms with Gasteiger partial charge in [0.2, 0.25) is 0 Å². The number of amides is 1. The quantitative estimate of drug-likeness (QED) is 0.686. The van der Waals surface area contributed by atoms with Crippen LogP contribution in [0.25, 0.3) is 0 Å². The molecule has 1 atom stereocenters. The Kier molecular flexibility index (Phi) is 8.37. The summed E-state index contributed by atoms with van der Waals surface area (Å²) in [6, 6.07) is 3.04. The lowest BCUT2D eigenvalue weighted by molar-refractivity contribution is 0.0773. The summed E-state index contributed by atoms with van der Waals surface area (Å²) in [7, 11) is 0.339. The zero-order chi connectivity index (χ0) is 20.1. The first-order chi connectivity index (χ1) is 12.0. The lowest BCUT2D eigenvalue weighted by atomic mass is 10.1. The van der Waals surface area contributed by atoms with E-state index < -0.39 is 9.84 Å². The van der Waals surface area contributed by atoms with Crippen LogP contribution < -0.4 is 5.32 Å². The number of carbonyl (C=O) groups excluding carboxylic acids is 1. The summed E-state index contributed by atoms with van der Waals surface area (Å²) in [5.41, 5.74) is 0.624. The van der Waals surface area contributed by atoms with Crippen molar-refractivity contribution in [1.82, 2.24) is 9.80 Å². The van der Waals surface area contributed by atoms with E-state index >= 15 is 0 Å². The molecule has 1 aromatic rings. The van der Waals surface area contributed by atoms with Gasteiger partial charge in [-0.25, -0.2) is 8.42 Å². The van der Waals surface area contributed by atoms with Gasteiger partial charge in [0.25, 0.3) is 5.91 Å². The van der Waals surface area contributed by atoms with Crippen LogP contribution in [0.2, 0.25) is 5.02 Å². The Balaban J connectivity index is 3.45. The van der Waals surface area contributed by atoms with Crippen LogP contribution in [0.1, 0.15) is 37.6 Å². The number of anilines is 1. The van der Waals surface area contributed by atoms with Crippen molar-refractivity contribution in [3.05, 3.63) is 22.7 Å². The zero-order valence-corrected chi connectivity index (χ0v) is 18.0. The first kappa shape index (κ1) is 22.7. The molecule has 0 bridgehead atoms. The van der Waals surface area contributed by atoms with E-state index in [1.165, 1.54) is 6.07 Å². The van der Waals surface area contributed by atoms with E-state index in [-0.39, 0.29) is 21.9 Å². The van der Waals surface area contributed by atoms with Crippen molar-refractivity contribution in [2.24, 2.45) is 0 Å². The third kappa shape index (κ3) is 5.86. The molecule has 1 aromatic carbocycles. The summed E-state index contributed by atoms with van der Waals surface area (Å²) < 4.78 is 24.7. The van der Waals surface area contributed by atoms with Gasteiger partial charge in [0, 0.05) is 25.4 Å². The molecule has 1 N–H and O–H groups in total. The Morgan fingerprint density at radius 2 is 1.81 bits per heavy atom. The summed E-state index contributed by atoms with van der Waals surface area (Å²) in [6.45, 7) is 7.66.